The van der Waals surface area contributed by atoms with Gasteiger partial charge in [0.15, 0.2) is 0 Å². The highest BCUT2D eigenvalue weighted by Crippen LogP contribution is 2.40. The standard InChI is InChI=1S/C15H19NO5S/c1-22(18,19)21-14-7-12-9-16(10-13(12)8-14)20-15(17)11-5-3-2-4-6-11/h2-6,12-14H,7-10H2,1H3/t12-,13+,14?. The van der Waals surface area contributed by atoms with Gasteiger partial charge in [-0.15, -0.1) is 5.06 Å². The maximum absolute atomic E-state index is 12.0. The number of hydrogen-bond donors (Lipinski definition) is 0. The lowest BCUT2D eigenvalue weighted by Crippen LogP contribution is -2.27. The first-order valence-electron chi connectivity index (χ1n) is 7.31. The molecule has 22 heavy (non-hydrogen) atoms. The van der Waals surface area contributed by atoms with Gasteiger partial charge in [-0.3, -0.25) is 4.18 Å². The van der Waals surface area contributed by atoms with E-state index in [0.29, 0.717) is 43.3 Å². The number of rotatable bonds is 4. The lowest BCUT2D eigenvalue weighted by atomic mass is 10.0. The number of benzene rings is 1. The summed E-state index contributed by atoms with van der Waals surface area (Å²) in [6, 6.07) is 8.87. The molecule has 3 rings (SSSR count). The third-order valence-corrected chi connectivity index (χ3v) is 4.83. The van der Waals surface area contributed by atoms with Crippen LogP contribution in [0.25, 0.3) is 0 Å². The van der Waals surface area contributed by atoms with E-state index < -0.39 is 10.1 Å². The van der Waals surface area contributed by atoms with Gasteiger partial charge >= 0.3 is 5.97 Å². The zero-order valence-electron chi connectivity index (χ0n) is 12.3. The van der Waals surface area contributed by atoms with Crippen LogP contribution in [0.5, 0.6) is 0 Å². The molecule has 0 N–H and O–H groups in total. The van der Waals surface area contributed by atoms with Crippen molar-refractivity contribution in [2.75, 3.05) is 19.3 Å². The van der Waals surface area contributed by atoms with Crippen molar-refractivity contribution in [3.05, 3.63) is 35.9 Å². The van der Waals surface area contributed by atoms with Crippen LogP contribution in [0.2, 0.25) is 0 Å². The lowest BCUT2D eigenvalue weighted by molar-refractivity contribution is -0.0990. The van der Waals surface area contributed by atoms with Crippen LogP contribution in [0.1, 0.15) is 23.2 Å². The average molecular weight is 325 g/mol. The van der Waals surface area contributed by atoms with E-state index in [4.69, 9.17) is 9.02 Å². The largest absolute Gasteiger partial charge is 0.364 e. The summed E-state index contributed by atoms with van der Waals surface area (Å²) in [5.74, 6) is 0.273. The molecular weight excluding hydrogens is 306 g/mol. The van der Waals surface area contributed by atoms with Gasteiger partial charge in [-0.2, -0.15) is 8.42 Å². The smallest absolute Gasteiger partial charge is 0.357 e. The van der Waals surface area contributed by atoms with Crippen LogP contribution < -0.4 is 0 Å². The summed E-state index contributed by atoms with van der Waals surface area (Å²) in [5, 5.41) is 1.68. The zero-order valence-corrected chi connectivity index (χ0v) is 13.2. The fraction of sp³-hybridized carbons (Fsp3) is 0.533. The maximum atomic E-state index is 12.0. The average Bonchev–Trinajstić information content (AvgIpc) is 2.95. The summed E-state index contributed by atoms with van der Waals surface area (Å²) in [4.78, 5) is 17.4. The van der Waals surface area contributed by atoms with Crippen LogP contribution in [-0.2, 0) is 19.1 Å². The minimum atomic E-state index is -3.41. The lowest BCUT2D eigenvalue weighted by Gasteiger charge is -2.18. The Morgan fingerprint density at radius 3 is 2.27 bits per heavy atom. The van der Waals surface area contributed by atoms with Crippen LogP contribution in [0.15, 0.2) is 30.3 Å². The number of carbonyl (C=O) groups is 1. The third kappa shape index (κ3) is 3.66. The first-order chi connectivity index (χ1) is 10.4. The third-order valence-electron chi connectivity index (χ3n) is 4.21. The van der Waals surface area contributed by atoms with Crippen molar-refractivity contribution in [1.82, 2.24) is 5.06 Å². The second-order valence-electron chi connectivity index (χ2n) is 6.01. The Bertz CT molecular complexity index is 631. The highest BCUT2D eigenvalue weighted by Gasteiger charge is 2.43. The SMILES string of the molecule is CS(=O)(=O)OC1C[C@@H]2CN(OC(=O)c3ccccc3)C[C@@H]2C1. The summed E-state index contributed by atoms with van der Waals surface area (Å²) < 4.78 is 27.4. The Labute approximate surface area is 130 Å². The van der Waals surface area contributed by atoms with Gasteiger partial charge in [-0.25, -0.2) is 4.79 Å². The molecule has 2 fully saturated rings. The van der Waals surface area contributed by atoms with E-state index in [1.54, 1.807) is 29.3 Å². The highest BCUT2D eigenvalue weighted by atomic mass is 32.2. The first kappa shape index (κ1) is 15.5. The molecule has 0 bridgehead atoms. The van der Waals surface area contributed by atoms with Crippen LogP contribution in [0.4, 0.5) is 0 Å². The van der Waals surface area contributed by atoms with Crippen molar-refractivity contribution < 1.29 is 22.2 Å². The van der Waals surface area contributed by atoms with Crippen molar-refractivity contribution >= 4 is 16.1 Å². The maximum Gasteiger partial charge on any atom is 0.357 e. The molecule has 3 atom stereocenters. The topological polar surface area (TPSA) is 72.9 Å². The van der Waals surface area contributed by atoms with Gasteiger partial charge in [0, 0.05) is 13.1 Å². The monoisotopic (exact) mass is 325 g/mol. The summed E-state index contributed by atoms with van der Waals surface area (Å²) in [6.07, 6.45) is 2.22. The summed E-state index contributed by atoms with van der Waals surface area (Å²) in [7, 11) is -3.41. The van der Waals surface area contributed by atoms with Gasteiger partial charge in [-0.1, -0.05) is 18.2 Å². The number of carbonyl (C=O) groups excluding carboxylic acids is 1. The van der Waals surface area contributed by atoms with Crippen molar-refractivity contribution in [2.45, 2.75) is 18.9 Å². The van der Waals surface area contributed by atoms with Crippen molar-refractivity contribution in [2.24, 2.45) is 11.8 Å². The second kappa shape index (κ2) is 5.98. The van der Waals surface area contributed by atoms with E-state index in [2.05, 4.69) is 0 Å². The predicted molar refractivity (Wildman–Crippen MR) is 79.4 cm³/mol. The van der Waals surface area contributed by atoms with Crippen molar-refractivity contribution in [3.63, 3.8) is 0 Å². The highest BCUT2D eigenvalue weighted by molar-refractivity contribution is 7.86. The van der Waals surface area contributed by atoms with Crippen molar-refractivity contribution in [1.29, 1.82) is 0 Å². The molecular formula is C15H19NO5S. The molecule has 1 saturated heterocycles. The number of nitrogens with zero attached hydrogens (tertiary/aromatic N) is 1. The summed E-state index contributed by atoms with van der Waals surface area (Å²) in [5.41, 5.74) is 0.526. The van der Waals surface area contributed by atoms with E-state index in [-0.39, 0.29) is 12.1 Å². The molecule has 1 unspecified atom stereocenters. The molecule has 0 amide bonds. The van der Waals surface area contributed by atoms with Gasteiger partial charge in [0.2, 0.25) is 0 Å². The van der Waals surface area contributed by atoms with Gasteiger partial charge in [0.05, 0.1) is 17.9 Å². The number of hydrogen-bond acceptors (Lipinski definition) is 6. The molecule has 1 aromatic rings. The Morgan fingerprint density at radius 1 is 1.14 bits per heavy atom. The first-order valence-corrected chi connectivity index (χ1v) is 9.13. The molecule has 1 aromatic carbocycles. The number of hydroxylamine groups is 2. The zero-order chi connectivity index (χ0) is 15.7. The van der Waals surface area contributed by atoms with E-state index in [9.17, 15) is 13.2 Å². The van der Waals surface area contributed by atoms with Crippen LogP contribution in [-0.4, -0.2) is 44.9 Å². The fourth-order valence-corrected chi connectivity index (χ4v) is 4.00. The van der Waals surface area contributed by atoms with Crippen LogP contribution in [0.3, 0.4) is 0 Å². The van der Waals surface area contributed by atoms with Gasteiger partial charge in [0.25, 0.3) is 10.1 Å². The van der Waals surface area contributed by atoms with Crippen LogP contribution in [0, 0.1) is 11.8 Å². The van der Waals surface area contributed by atoms with Gasteiger partial charge in [-0.05, 0) is 36.8 Å². The van der Waals surface area contributed by atoms with Crippen molar-refractivity contribution in [3.8, 4) is 0 Å². The molecule has 1 aliphatic carbocycles. The Balaban J connectivity index is 1.52. The molecule has 2 aliphatic rings. The van der Waals surface area contributed by atoms with Gasteiger partial charge < -0.3 is 4.84 Å². The molecule has 7 heteroatoms. The van der Waals surface area contributed by atoms with E-state index >= 15 is 0 Å². The minimum absolute atomic E-state index is 0.239. The molecule has 0 spiro atoms. The summed E-state index contributed by atoms with van der Waals surface area (Å²) in [6.45, 7) is 1.26. The fourth-order valence-electron chi connectivity index (χ4n) is 3.35. The van der Waals surface area contributed by atoms with E-state index in [1.807, 2.05) is 6.07 Å². The molecule has 1 saturated carbocycles. The predicted octanol–water partition coefficient (Wildman–Crippen LogP) is 1.44. The molecule has 6 nitrogen and oxygen atoms in total. The van der Waals surface area contributed by atoms with E-state index in [1.165, 1.54) is 0 Å². The molecule has 120 valence electrons. The summed E-state index contributed by atoms with van der Waals surface area (Å²) >= 11 is 0. The van der Waals surface area contributed by atoms with Crippen LogP contribution >= 0.6 is 0 Å². The quantitative estimate of drug-likeness (QED) is 0.780. The van der Waals surface area contributed by atoms with E-state index in [0.717, 1.165) is 6.26 Å². The normalized spacial score (nSPS) is 28.5. The Morgan fingerprint density at radius 2 is 1.73 bits per heavy atom. The molecule has 0 aromatic heterocycles. The second-order valence-corrected chi connectivity index (χ2v) is 7.61. The van der Waals surface area contributed by atoms with Gasteiger partial charge in [0.1, 0.15) is 0 Å². The molecule has 0 radical (unpaired) electrons. The minimum Gasteiger partial charge on any atom is -0.364 e. The Kier molecular flexibility index (Phi) is 4.20. The molecule has 1 aliphatic heterocycles. The molecule has 1 heterocycles. The Hall–Kier alpha value is -1.44. The number of fused-ring (bicyclic) bond motifs is 1.